The maximum absolute atomic E-state index is 6.65. The summed E-state index contributed by atoms with van der Waals surface area (Å²) < 4.78 is 6.65. The third-order valence-corrected chi connectivity index (χ3v) is 7.34. The minimum absolute atomic E-state index is 0.0683. The van der Waals surface area contributed by atoms with Crippen molar-refractivity contribution in [1.82, 2.24) is 0 Å². The van der Waals surface area contributed by atoms with E-state index < -0.39 is 0 Å². The van der Waals surface area contributed by atoms with Gasteiger partial charge in [0.15, 0.2) is 0 Å². The van der Waals surface area contributed by atoms with Gasteiger partial charge >= 0.3 is 0 Å². The Hall–Kier alpha value is -1.60. The van der Waals surface area contributed by atoms with Gasteiger partial charge in [-0.1, -0.05) is 0 Å². The van der Waals surface area contributed by atoms with E-state index in [1.807, 2.05) is 0 Å². The smallest absolute Gasteiger partial charge is 0.0810 e. The summed E-state index contributed by atoms with van der Waals surface area (Å²) in [5, 5.41) is 0. The summed E-state index contributed by atoms with van der Waals surface area (Å²) in [6.45, 7) is 26.8. The van der Waals surface area contributed by atoms with Gasteiger partial charge in [-0.05, 0) is 150 Å². The molecule has 2 aromatic rings. The van der Waals surface area contributed by atoms with E-state index in [1.165, 1.54) is 66.8 Å². The van der Waals surface area contributed by atoms with Crippen molar-refractivity contribution in [1.29, 1.82) is 0 Å². The summed E-state index contributed by atoms with van der Waals surface area (Å²) in [4.78, 5) is 0. The van der Waals surface area contributed by atoms with Gasteiger partial charge in [0.25, 0.3) is 0 Å². The van der Waals surface area contributed by atoms with Gasteiger partial charge in [-0.3, -0.25) is 0 Å². The molecular formula is C26H38O. The average molecular weight is 367 g/mol. The van der Waals surface area contributed by atoms with Crippen LogP contribution in [-0.4, -0.2) is 0 Å². The van der Waals surface area contributed by atoms with Crippen LogP contribution in [0.5, 0.6) is 0 Å². The molecular weight excluding hydrogens is 328 g/mol. The highest BCUT2D eigenvalue weighted by atomic mass is 16.5. The molecule has 27 heavy (non-hydrogen) atoms. The standard InChI is InChI=1S/C26H38O/c1-13-15(3)19(7)25(20(8)16(13)4)23(11)27-24(12)26-21(9)17(5)14(2)18(6)22(26)10/h23-24H,1-12H3/t23-,24-/m0/s1. The van der Waals surface area contributed by atoms with E-state index in [4.69, 9.17) is 4.74 Å². The first-order chi connectivity index (χ1) is 12.4. The first kappa shape index (κ1) is 21.7. The number of benzene rings is 2. The van der Waals surface area contributed by atoms with Crippen LogP contribution in [0.15, 0.2) is 0 Å². The molecule has 2 rings (SSSR count). The van der Waals surface area contributed by atoms with E-state index in [0.29, 0.717) is 0 Å². The normalized spacial score (nSPS) is 13.8. The van der Waals surface area contributed by atoms with E-state index in [2.05, 4.69) is 83.1 Å². The molecule has 0 spiro atoms. The van der Waals surface area contributed by atoms with Crippen molar-refractivity contribution in [3.63, 3.8) is 0 Å². The second-order valence-corrected chi connectivity index (χ2v) is 8.50. The fourth-order valence-electron chi connectivity index (χ4n) is 4.72. The minimum Gasteiger partial charge on any atom is -0.366 e. The van der Waals surface area contributed by atoms with Crippen LogP contribution in [0.2, 0.25) is 0 Å². The molecule has 0 N–H and O–H groups in total. The molecule has 1 heteroatoms. The van der Waals surface area contributed by atoms with Crippen LogP contribution in [0.1, 0.15) is 92.8 Å². The fourth-order valence-corrected chi connectivity index (χ4v) is 4.72. The molecule has 0 fully saturated rings. The van der Waals surface area contributed by atoms with Crippen molar-refractivity contribution in [3.8, 4) is 0 Å². The van der Waals surface area contributed by atoms with Gasteiger partial charge < -0.3 is 4.74 Å². The van der Waals surface area contributed by atoms with E-state index >= 15 is 0 Å². The summed E-state index contributed by atoms with van der Waals surface area (Å²) in [6.07, 6.45) is 0.137. The lowest BCUT2D eigenvalue weighted by atomic mass is 9.86. The van der Waals surface area contributed by atoms with Crippen LogP contribution in [-0.2, 0) is 4.74 Å². The van der Waals surface area contributed by atoms with Crippen LogP contribution in [0.4, 0.5) is 0 Å². The van der Waals surface area contributed by atoms with Crippen LogP contribution < -0.4 is 0 Å². The number of hydrogen-bond donors (Lipinski definition) is 0. The second kappa shape index (κ2) is 7.80. The molecule has 0 aliphatic carbocycles. The molecule has 2 atom stereocenters. The number of rotatable bonds is 4. The van der Waals surface area contributed by atoms with Gasteiger partial charge in [0.1, 0.15) is 0 Å². The highest BCUT2D eigenvalue weighted by molar-refractivity contribution is 5.51. The van der Waals surface area contributed by atoms with Gasteiger partial charge in [0.05, 0.1) is 12.2 Å². The zero-order valence-electron chi connectivity index (χ0n) is 19.6. The summed E-state index contributed by atoms with van der Waals surface area (Å²) in [6, 6.07) is 0. The average Bonchev–Trinajstić information content (AvgIpc) is 2.61. The Labute approximate surface area is 167 Å². The van der Waals surface area contributed by atoms with Crippen molar-refractivity contribution in [3.05, 3.63) is 66.8 Å². The fraction of sp³-hybridized carbons (Fsp3) is 0.538. The molecule has 0 radical (unpaired) electrons. The molecule has 0 bridgehead atoms. The SMILES string of the molecule is Cc1c(C)c(C)c([C@H](C)O[C@@H](C)c2c(C)c(C)c(C)c(C)c2C)c(C)c1C. The molecule has 2 aromatic carbocycles. The lowest BCUT2D eigenvalue weighted by molar-refractivity contribution is 0.00446. The third kappa shape index (κ3) is 3.59. The van der Waals surface area contributed by atoms with Crippen molar-refractivity contribution in [2.24, 2.45) is 0 Å². The Morgan fingerprint density at radius 2 is 0.556 bits per heavy atom. The zero-order valence-corrected chi connectivity index (χ0v) is 19.6. The zero-order chi connectivity index (χ0) is 20.8. The van der Waals surface area contributed by atoms with Gasteiger partial charge in [-0.15, -0.1) is 0 Å². The molecule has 0 saturated carbocycles. The molecule has 0 aromatic heterocycles. The predicted octanol–water partition coefficient (Wildman–Crippen LogP) is 7.61. The van der Waals surface area contributed by atoms with E-state index in [-0.39, 0.29) is 12.2 Å². The van der Waals surface area contributed by atoms with Crippen LogP contribution >= 0.6 is 0 Å². The van der Waals surface area contributed by atoms with Gasteiger partial charge in [0, 0.05) is 0 Å². The monoisotopic (exact) mass is 366 g/mol. The lowest BCUT2D eigenvalue weighted by Crippen LogP contribution is -2.14. The molecule has 0 unspecified atom stereocenters. The van der Waals surface area contributed by atoms with Crippen LogP contribution in [0.3, 0.4) is 0 Å². The Morgan fingerprint density at radius 1 is 0.370 bits per heavy atom. The van der Waals surface area contributed by atoms with Gasteiger partial charge in [0.2, 0.25) is 0 Å². The van der Waals surface area contributed by atoms with Crippen molar-refractivity contribution >= 4 is 0 Å². The Balaban J connectivity index is 2.48. The molecule has 0 saturated heterocycles. The van der Waals surface area contributed by atoms with Gasteiger partial charge in [-0.2, -0.15) is 0 Å². The first-order valence-corrected chi connectivity index (χ1v) is 10.2. The van der Waals surface area contributed by atoms with Crippen molar-refractivity contribution < 1.29 is 4.74 Å². The van der Waals surface area contributed by atoms with Crippen LogP contribution in [0.25, 0.3) is 0 Å². The highest BCUT2D eigenvalue weighted by Gasteiger charge is 2.23. The highest BCUT2D eigenvalue weighted by Crippen LogP contribution is 2.37. The lowest BCUT2D eigenvalue weighted by Gasteiger charge is -2.29. The minimum atomic E-state index is 0.0683. The predicted molar refractivity (Wildman–Crippen MR) is 118 cm³/mol. The molecule has 0 aliphatic heterocycles. The second-order valence-electron chi connectivity index (χ2n) is 8.50. The van der Waals surface area contributed by atoms with Crippen molar-refractivity contribution in [2.45, 2.75) is 95.3 Å². The number of hydrogen-bond acceptors (Lipinski definition) is 1. The molecule has 0 heterocycles. The van der Waals surface area contributed by atoms with Crippen LogP contribution in [0, 0.1) is 69.2 Å². The van der Waals surface area contributed by atoms with E-state index in [0.717, 1.165) is 0 Å². The number of ether oxygens (including phenoxy) is 1. The maximum atomic E-state index is 6.65. The van der Waals surface area contributed by atoms with E-state index in [1.54, 1.807) is 0 Å². The topological polar surface area (TPSA) is 9.23 Å². The third-order valence-electron chi connectivity index (χ3n) is 7.34. The van der Waals surface area contributed by atoms with Crippen molar-refractivity contribution in [2.75, 3.05) is 0 Å². The Bertz CT molecular complexity index is 755. The molecule has 0 amide bonds. The summed E-state index contributed by atoms with van der Waals surface area (Å²) in [7, 11) is 0. The summed E-state index contributed by atoms with van der Waals surface area (Å²) in [5.74, 6) is 0. The quantitative estimate of drug-likeness (QED) is 0.541. The summed E-state index contributed by atoms with van der Waals surface area (Å²) in [5.41, 5.74) is 16.6. The first-order valence-electron chi connectivity index (χ1n) is 10.2. The maximum Gasteiger partial charge on any atom is 0.0810 e. The largest absolute Gasteiger partial charge is 0.366 e. The Kier molecular flexibility index (Phi) is 6.26. The molecule has 0 aliphatic rings. The molecule has 148 valence electrons. The van der Waals surface area contributed by atoms with E-state index in [9.17, 15) is 0 Å². The summed E-state index contributed by atoms with van der Waals surface area (Å²) >= 11 is 0. The van der Waals surface area contributed by atoms with Gasteiger partial charge in [-0.25, -0.2) is 0 Å². The molecule has 1 nitrogen and oxygen atoms in total. The Morgan fingerprint density at radius 3 is 0.778 bits per heavy atom.